The average Bonchev–Trinajstić information content (AvgIpc) is 3.52. The van der Waals surface area contributed by atoms with E-state index >= 15 is 0 Å². The van der Waals surface area contributed by atoms with E-state index in [-0.39, 0.29) is 0 Å². The van der Waals surface area contributed by atoms with Crippen LogP contribution in [0.15, 0.2) is 115 Å². The highest BCUT2D eigenvalue weighted by atomic mass is 79.9. The minimum atomic E-state index is 0.445. The van der Waals surface area contributed by atoms with Gasteiger partial charge in [0.05, 0.1) is 14.7 Å². The molecule has 44 heavy (non-hydrogen) atoms. The highest BCUT2D eigenvalue weighted by molar-refractivity contribution is 9.10. The van der Waals surface area contributed by atoms with Gasteiger partial charge in [0.2, 0.25) is 0 Å². The lowest BCUT2D eigenvalue weighted by molar-refractivity contribution is 0.242. The summed E-state index contributed by atoms with van der Waals surface area (Å²) in [6.45, 7) is 10.6. The molecule has 5 rings (SSSR count). The van der Waals surface area contributed by atoms with Gasteiger partial charge < -0.3 is 15.0 Å². The van der Waals surface area contributed by atoms with Crippen molar-refractivity contribution in [1.82, 2.24) is 20.2 Å². The van der Waals surface area contributed by atoms with Crippen molar-refractivity contribution >= 4 is 60.9 Å². The molecule has 1 N–H and O–H groups in total. The first kappa shape index (κ1) is 32.0. The van der Waals surface area contributed by atoms with E-state index in [1.165, 1.54) is 11.4 Å². The van der Waals surface area contributed by atoms with E-state index < -0.39 is 0 Å². The van der Waals surface area contributed by atoms with Crippen LogP contribution in [0.5, 0.6) is 11.5 Å². The Morgan fingerprint density at radius 3 is 2.68 bits per heavy atom. The molecule has 0 unspecified atom stereocenters. The second kappa shape index (κ2) is 15.5. The largest absolute Gasteiger partial charge is 0.453 e. The molecular weight excluding hydrogens is 650 g/mol. The third-order valence-electron chi connectivity index (χ3n) is 7.45. The van der Waals surface area contributed by atoms with Gasteiger partial charge in [-0.15, -0.1) is 11.3 Å². The Morgan fingerprint density at radius 2 is 1.95 bits per heavy atom. The fourth-order valence-corrected chi connectivity index (χ4v) is 7.82. The molecule has 1 aromatic carbocycles. The summed E-state index contributed by atoms with van der Waals surface area (Å²) in [6, 6.07) is 13.8. The summed E-state index contributed by atoms with van der Waals surface area (Å²) in [4.78, 5) is 18.9. The number of hydrogen-bond acceptors (Lipinski definition) is 7. The predicted molar refractivity (Wildman–Crippen MR) is 189 cm³/mol. The monoisotopic (exact) mass is 687 g/mol. The van der Waals surface area contributed by atoms with Crippen LogP contribution in [0.1, 0.15) is 47.0 Å². The Labute approximate surface area is 277 Å². The second-order valence-corrected chi connectivity index (χ2v) is 13.3. The zero-order valence-corrected chi connectivity index (χ0v) is 28.8. The summed E-state index contributed by atoms with van der Waals surface area (Å²) in [5.41, 5.74) is 3.56. The van der Waals surface area contributed by atoms with Gasteiger partial charge in [0, 0.05) is 58.7 Å². The summed E-state index contributed by atoms with van der Waals surface area (Å²) in [5.74, 6) is 3.01. The molecule has 228 valence electrons. The fraction of sp³-hybridized carbons (Fsp3) is 0.286. The van der Waals surface area contributed by atoms with Crippen LogP contribution < -0.4 is 10.1 Å². The summed E-state index contributed by atoms with van der Waals surface area (Å²) in [5, 5.41) is 5.71. The van der Waals surface area contributed by atoms with Crippen molar-refractivity contribution in [3.05, 3.63) is 100 Å². The number of halogens is 1. The van der Waals surface area contributed by atoms with Crippen LogP contribution in [0.3, 0.4) is 0 Å². The molecule has 1 saturated heterocycles. The molecule has 6 nitrogen and oxygen atoms in total. The molecular formula is C35H38BrN5OS2. The van der Waals surface area contributed by atoms with Gasteiger partial charge in [0.15, 0.2) is 11.6 Å². The van der Waals surface area contributed by atoms with E-state index in [9.17, 15) is 0 Å². The molecule has 0 radical (unpaired) electrons. The molecule has 9 heteroatoms. The number of thiophene rings is 1. The average molecular weight is 689 g/mol. The number of nitrogens with zero attached hydrogens (tertiary/aromatic N) is 4. The van der Waals surface area contributed by atoms with Crippen LogP contribution in [-0.2, 0) is 0 Å². The first-order valence-electron chi connectivity index (χ1n) is 15.0. The van der Waals surface area contributed by atoms with E-state index in [0.29, 0.717) is 17.5 Å². The number of pyridine rings is 2. The topological polar surface area (TPSA) is 62.6 Å². The summed E-state index contributed by atoms with van der Waals surface area (Å²) >= 11 is 7.01. The van der Waals surface area contributed by atoms with Gasteiger partial charge in [-0.2, -0.15) is 0 Å². The zero-order chi connectivity index (χ0) is 30.9. The first-order valence-corrected chi connectivity index (χ1v) is 17.5. The molecule has 0 spiro atoms. The maximum absolute atomic E-state index is 6.39. The zero-order valence-electron chi connectivity index (χ0n) is 25.6. The molecule has 0 saturated carbocycles. The molecule has 4 heterocycles. The number of ether oxygens (including phenoxy) is 1. The van der Waals surface area contributed by atoms with Crippen molar-refractivity contribution < 1.29 is 4.74 Å². The number of fused-ring (bicyclic) bond motifs is 1. The van der Waals surface area contributed by atoms with E-state index in [1.807, 2.05) is 73.9 Å². The van der Waals surface area contributed by atoms with Gasteiger partial charge in [-0.05, 0) is 85.6 Å². The Hall–Kier alpha value is -3.40. The number of rotatable bonds is 10. The molecule has 0 atom stereocenters. The van der Waals surface area contributed by atoms with Crippen LogP contribution in [-0.4, -0.2) is 33.8 Å². The van der Waals surface area contributed by atoms with Gasteiger partial charge in [0.25, 0.3) is 0 Å². The van der Waals surface area contributed by atoms with Crippen LogP contribution >= 0.6 is 39.0 Å². The quantitative estimate of drug-likeness (QED) is 0.132. The normalized spacial score (nSPS) is 15.4. The van der Waals surface area contributed by atoms with Gasteiger partial charge in [-0.1, -0.05) is 55.1 Å². The molecule has 1 aliphatic heterocycles. The number of amidine groups is 1. The highest BCUT2D eigenvalue weighted by Crippen LogP contribution is 2.42. The number of para-hydroxylation sites is 1. The minimum Gasteiger partial charge on any atom is -0.453 e. The van der Waals surface area contributed by atoms with Crippen LogP contribution in [0, 0.1) is 5.92 Å². The highest BCUT2D eigenvalue weighted by Gasteiger charge is 2.23. The maximum Gasteiger partial charge on any atom is 0.197 e. The lowest BCUT2D eigenvalue weighted by atomic mass is 9.92. The van der Waals surface area contributed by atoms with Crippen molar-refractivity contribution in [3.8, 4) is 11.5 Å². The van der Waals surface area contributed by atoms with E-state index in [2.05, 4.69) is 69.4 Å². The predicted octanol–water partition coefficient (Wildman–Crippen LogP) is 10.5. The summed E-state index contributed by atoms with van der Waals surface area (Å²) < 4.78 is 8.48. The van der Waals surface area contributed by atoms with E-state index in [4.69, 9.17) is 14.7 Å². The van der Waals surface area contributed by atoms with Crippen molar-refractivity contribution in [1.29, 1.82) is 0 Å². The van der Waals surface area contributed by atoms with Crippen LogP contribution in [0.4, 0.5) is 5.82 Å². The molecule has 1 aliphatic rings. The Morgan fingerprint density at radius 1 is 1.16 bits per heavy atom. The Kier molecular flexibility index (Phi) is 11.3. The third-order valence-corrected chi connectivity index (χ3v) is 10.5. The third kappa shape index (κ3) is 8.00. The fourth-order valence-electron chi connectivity index (χ4n) is 5.23. The number of likely N-dealkylation sites (tertiary alicyclic amines) is 1. The smallest absolute Gasteiger partial charge is 0.197 e. The number of allylic oxidation sites excluding steroid dienone is 5. The summed E-state index contributed by atoms with van der Waals surface area (Å²) in [7, 11) is 0. The molecule has 0 aliphatic carbocycles. The van der Waals surface area contributed by atoms with Gasteiger partial charge >= 0.3 is 0 Å². The maximum atomic E-state index is 6.39. The molecule has 0 amide bonds. The Balaban J connectivity index is 1.42. The molecule has 1 fully saturated rings. The lowest BCUT2D eigenvalue weighted by Crippen LogP contribution is -2.36. The van der Waals surface area contributed by atoms with Gasteiger partial charge in [-0.3, -0.25) is 4.98 Å². The number of aromatic nitrogens is 2. The number of nitrogens with one attached hydrogen (secondary N) is 1. The van der Waals surface area contributed by atoms with Crippen molar-refractivity contribution in [2.45, 2.75) is 56.7 Å². The Bertz CT molecular complexity index is 1690. The molecule has 3 aromatic heterocycles. The van der Waals surface area contributed by atoms with E-state index in [0.717, 1.165) is 68.4 Å². The van der Waals surface area contributed by atoms with Crippen molar-refractivity contribution in [2.24, 2.45) is 10.9 Å². The number of aliphatic imine (C=N–C) groups is 1. The number of piperidine rings is 1. The van der Waals surface area contributed by atoms with Crippen molar-refractivity contribution in [2.75, 3.05) is 13.1 Å². The SMILES string of the molecule is C/C=C(\NC(/C=C/C)=N/c1ncc(Sc2c(Br)cnc3ccsc23)cc1Oc1ccccc1)C1CCN(/C(C)=C\CC)CC1. The van der Waals surface area contributed by atoms with Gasteiger partial charge in [0.1, 0.15) is 11.6 Å². The molecule has 4 aromatic rings. The lowest BCUT2D eigenvalue weighted by Gasteiger charge is -2.35. The first-order chi connectivity index (χ1) is 21.5. The second-order valence-electron chi connectivity index (χ2n) is 10.5. The molecule has 0 bridgehead atoms. The van der Waals surface area contributed by atoms with Crippen LogP contribution in [0.2, 0.25) is 0 Å². The van der Waals surface area contributed by atoms with E-state index in [1.54, 1.807) is 23.1 Å². The summed E-state index contributed by atoms with van der Waals surface area (Å²) in [6.07, 6.45) is 15.5. The van der Waals surface area contributed by atoms with Gasteiger partial charge in [-0.25, -0.2) is 9.98 Å². The number of benzene rings is 1. The number of hydrogen-bond donors (Lipinski definition) is 1. The standard InChI is InChI=1S/C35H38BrN5OS2/c1-5-11-24(4)41-18-15-25(16-19-41)29(7-3)39-32(12-6-2)40-35-31(42-26-13-9-8-10-14-26)21-27(22-38-35)44-33-28(36)23-37-30-17-20-43-34(30)33/h6-14,17,20-23,25H,5,15-16,18-19H2,1-4H3,(H,38,39,40)/b12-6+,24-11-,29-7-. The van der Waals surface area contributed by atoms with Crippen molar-refractivity contribution in [3.63, 3.8) is 0 Å². The van der Waals surface area contributed by atoms with Crippen LogP contribution in [0.25, 0.3) is 10.2 Å². The minimum absolute atomic E-state index is 0.445.